The van der Waals surface area contributed by atoms with E-state index in [2.05, 4.69) is 5.43 Å². The van der Waals surface area contributed by atoms with E-state index >= 15 is 0 Å². The van der Waals surface area contributed by atoms with Gasteiger partial charge in [-0.3, -0.25) is 10.2 Å². The molecule has 1 unspecified atom stereocenters. The SMILES string of the molecule is CCC(OC1COC1)C(=O)NN. The number of hydrogen-bond acceptors (Lipinski definition) is 4. The number of carbonyl (C=O) groups is 1. The first-order valence-electron chi connectivity index (χ1n) is 4.01. The first-order chi connectivity index (χ1) is 5.77. The Bertz CT molecular complexity index is 159. The molecule has 1 aliphatic rings. The van der Waals surface area contributed by atoms with Gasteiger partial charge in [-0.05, 0) is 6.42 Å². The van der Waals surface area contributed by atoms with Crippen LogP contribution in [0.15, 0.2) is 0 Å². The van der Waals surface area contributed by atoms with Gasteiger partial charge < -0.3 is 9.47 Å². The molecule has 3 N–H and O–H groups in total. The van der Waals surface area contributed by atoms with Crippen LogP contribution in [0.1, 0.15) is 13.3 Å². The first kappa shape index (κ1) is 9.44. The van der Waals surface area contributed by atoms with Gasteiger partial charge in [-0.2, -0.15) is 0 Å². The van der Waals surface area contributed by atoms with Gasteiger partial charge in [-0.1, -0.05) is 6.92 Å². The molecule has 0 saturated carbocycles. The van der Waals surface area contributed by atoms with Gasteiger partial charge in [-0.15, -0.1) is 0 Å². The van der Waals surface area contributed by atoms with Gasteiger partial charge in [0.15, 0.2) is 0 Å². The second kappa shape index (κ2) is 4.39. The number of hydrazine groups is 1. The molecule has 0 aromatic heterocycles. The summed E-state index contributed by atoms with van der Waals surface area (Å²) in [6, 6.07) is 0. The predicted octanol–water partition coefficient (Wildman–Crippen LogP) is -0.830. The Balaban J connectivity index is 2.28. The zero-order valence-electron chi connectivity index (χ0n) is 7.08. The quantitative estimate of drug-likeness (QED) is 0.331. The molecule has 1 amide bonds. The molecule has 0 radical (unpaired) electrons. The van der Waals surface area contributed by atoms with E-state index in [4.69, 9.17) is 15.3 Å². The molecule has 12 heavy (non-hydrogen) atoms. The summed E-state index contributed by atoms with van der Waals surface area (Å²) in [6.45, 7) is 3.03. The Morgan fingerprint density at radius 3 is 2.83 bits per heavy atom. The Morgan fingerprint density at radius 1 is 1.83 bits per heavy atom. The molecule has 1 atom stereocenters. The number of carbonyl (C=O) groups excluding carboxylic acids is 1. The van der Waals surface area contributed by atoms with E-state index in [1.807, 2.05) is 6.92 Å². The van der Waals surface area contributed by atoms with Gasteiger partial charge in [-0.25, -0.2) is 5.84 Å². The van der Waals surface area contributed by atoms with E-state index in [0.29, 0.717) is 19.6 Å². The van der Waals surface area contributed by atoms with E-state index in [-0.39, 0.29) is 12.0 Å². The Morgan fingerprint density at radius 2 is 2.50 bits per heavy atom. The van der Waals surface area contributed by atoms with Crippen LogP contribution < -0.4 is 11.3 Å². The van der Waals surface area contributed by atoms with Crippen molar-refractivity contribution >= 4 is 5.91 Å². The largest absolute Gasteiger partial charge is 0.376 e. The van der Waals surface area contributed by atoms with E-state index in [9.17, 15) is 4.79 Å². The van der Waals surface area contributed by atoms with E-state index in [1.165, 1.54) is 0 Å². The zero-order valence-corrected chi connectivity index (χ0v) is 7.08. The molecule has 5 nitrogen and oxygen atoms in total. The topological polar surface area (TPSA) is 73.6 Å². The highest BCUT2D eigenvalue weighted by Crippen LogP contribution is 2.10. The summed E-state index contributed by atoms with van der Waals surface area (Å²) < 4.78 is 10.3. The molecule has 70 valence electrons. The molecule has 0 spiro atoms. The molecule has 0 aromatic carbocycles. The van der Waals surface area contributed by atoms with Gasteiger partial charge in [0.05, 0.1) is 13.2 Å². The highest BCUT2D eigenvalue weighted by atomic mass is 16.6. The lowest BCUT2D eigenvalue weighted by atomic mass is 10.2. The van der Waals surface area contributed by atoms with Crippen LogP contribution in [-0.2, 0) is 14.3 Å². The van der Waals surface area contributed by atoms with Crippen molar-refractivity contribution in [1.29, 1.82) is 0 Å². The van der Waals surface area contributed by atoms with Crippen molar-refractivity contribution in [2.45, 2.75) is 25.6 Å². The third-order valence-corrected chi connectivity index (χ3v) is 1.77. The average Bonchev–Trinajstić information content (AvgIpc) is 2.02. The fourth-order valence-corrected chi connectivity index (χ4v) is 0.961. The minimum absolute atomic E-state index is 0.0623. The molecule has 0 aromatic rings. The second-order valence-electron chi connectivity index (χ2n) is 2.70. The number of nitrogens with two attached hydrogens (primary N) is 1. The molecule has 0 aliphatic carbocycles. The Labute approximate surface area is 71.2 Å². The van der Waals surface area contributed by atoms with Gasteiger partial charge in [0, 0.05) is 0 Å². The van der Waals surface area contributed by atoms with Crippen LogP contribution in [0.25, 0.3) is 0 Å². The standard InChI is InChI=1S/C7H14N2O3/c1-2-6(7(10)9-8)12-5-3-11-4-5/h5-6H,2-4,8H2,1H3,(H,9,10). The van der Waals surface area contributed by atoms with E-state index in [0.717, 1.165) is 0 Å². The molecule has 1 saturated heterocycles. The fourth-order valence-electron chi connectivity index (χ4n) is 0.961. The molecule has 1 aliphatic heterocycles. The van der Waals surface area contributed by atoms with Crippen LogP contribution in [-0.4, -0.2) is 31.3 Å². The van der Waals surface area contributed by atoms with Gasteiger partial charge in [0.2, 0.25) is 0 Å². The van der Waals surface area contributed by atoms with Crippen molar-refractivity contribution in [2.75, 3.05) is 13.2 Å². The van der Waals surface area contributed by atoms with Crippen LogP contribution in [0.4, 0.5) is 0 Å². The summed E-state index contributed by atoms with van der Waals surface area (Å²) in [6.07, 6.45) is 0.246. The first-order valence-corrected chi connectivity index (χ1v) is 4.01. The number of hydrogen-bond donors (Lipinski definition) is 2. The lowest BCUT2D eigenvalue weighted by Crippen LogP contribution is -2.46. The zero-order chi connectivity index (χ0) is 8.97. The minimum atomic E-state index is -0.441. The Hall–Kier alpha value is -0.650. The van der Waals surface area contributed by atoms with Crippen molar-refractivity contribution in [3.05, 3.63) is 0 Å². The van der Waals surface area contributed by atoms with Crippen LogP contribution in [0.5, 0.6) is 0 Å². The van der Waals surface area contributed by atoms with Gasteiger partial charge in [0.25, 0.3) is 5.91 Å². The summed E-state index contributed by atoms with van der Waals surface area (Å²) in [5.41, 5.74) is 2.06. The fraction of sp³-hybridized carbons (Fsp3) is 0.857. The number of nitrogens with one attached hydrogen (secondary N) is 1. The van der Waals surface area contributed by atoms with Crippen molar-refractivity contribution in [2.24, 2.45) is 5.84 Å². The molecule has 1 rings (SSSR count). The predicted molar refractivity (Wildman–Crippen MR) is 42.1 cm³/mol. The maximum atomic E-state index is 11.0. The van der Waals surface area contributed by atoms with Crippen LogP contribution >= 0.6 is 0 Å². The number of amides is 1. The monoisotopic (exact) mass is 174 g/mol. The summed E-state index contributed by atoms with van der Waals surface area (Å²) >= 11 is 0. The van der Waals surface area contributed by atoms with Crippen molar-refractivity contribution in [1.82, 2.24) is 5.43 Å². The van der Waals surface area contributed by atoms with Crippen molar-refractivity contribution < 1.29 is 14.3 Å². The van der Waals surface area contributed by atoms with Crippen LogP contribution in [0, 0.1) is 0 Å². The molecule has 0 bridgehead atoms. The normalized spacial score (nSPS) is 19.8. The highest BCUT2D eigenvalue weighted by molar-refractivity contribution is 5.80. The number of rotatable bonds is 4. The van der Waals surface area contributed by atoms with Crippen LogP contribution in [0.2, 0.25) is 0 Å². The summed E-state index contributed by atoms with van der Waals surface area (Å²) in [5.74, 6) is 4.70. The second-order valence-corrected chi connectivity index (χ2v) is 2.70. The molecule has 5 heteroatoms. The lowest BCUT2D eigenvalue weighted by molar-refractivity contribution is -0.168. The number of ether oxygens (including phenoxy) is 2. The maximum Gasteiger partial charge on any atom is 0.262 e. The summed E-state index contributed by atoms with van der Waals surface area (Å²) in [4.78, 5) is 11.0. The third kappa shape index (κ3) is 2.17. The maximum absolute atomic E-state index is 11.0. The van der Waals surface area contributed by atoms with Crippen molar-refractivity contribution in [3.63, 3.8) is 0 Å². The highest BCUT2D eigenvalue weighted by Gasteiger charge is 2.26. The Kier molecular flexibility index (Phi) is 3.46. The van der Waals surface area contributed by atoms with Crippen LogP contribution in [0.3, 0.4) is 0 Å². The molecular weight excluding hydrogens is 160 g/mol. The summed E-state index contributed by atoms with van der Waals surface area (Å²) in [5, 5.41) is 0. The van der Waals surface area contributed by atoms with E-state index < -0.39 is 6.10 Å². The van der Waals surface area contributed by atoms with Gasteiger partial charge in [0.1, 0.15) is 12.2 Å². The molecule has 1 heterocycles. The van der Waals surface area contributed by atoms with Gasteiger partial charge >= 0.3 is 0 Å². The lowest BCUT2D eigenvalue weighted by Gasteiger charge is -2.29. The molecule has 1 fully saturated rings. The molecular formula is C7H14N2O3. The minimum Gasteiger partial charge on any atom is -0.376 e. The third-order valence-electron chi connectivity index (χ3n) is 1.77. The smallest absolute Gasteiger partial charge is 0.262 e. The summed E-state index contributed by atoms with van der Waals surface area (Å²) in [7, 11) is 0. The van der Waals surface area contributed by atoms with E-state index in [1.54, 1.807) is 0 Å². The van der Waals surface area contributed by atoms with Crippen molar-refractivity contribution in [3.8, 4) is 0 Å². The average molecular weight is 174 g/mol.